The molecule has 1 unspecified atom stereocenters. The Labute approximate surface area is 168 Å². The highest BCUT2D eigenvalue weighted by Gasteiger charge is 2.20. The van der Waals surface area contributed by atoms with Gasteiger partial charge < -0.3 is 9.80 Å². The molecule has 1 amide bonds. The van der Waals surface area contributed by atoms with E-state index in [1.54, 1.807) is 29.2 Å². The predicted molar refractivity (Wildman–Crippen MR) is 114 cm³/mol. The van der Waals surface area contributed by atoms with Gasteiger partial charge in [-0.1, -0.05) is 36.8 Å². The normalized spacial score (nSPS) is 17.3. The Morgan fingerprint density at radius 1 is 1.04 bits per heavy atom. The van der Waals surface area contributed by atoms with Gasteiger partial charge in [-0.05, 0) is 70.0 Å². The fourth-order valence-corrected chi connectivity index (χ4v) is 4.03. The molecule has 1 aliphatic rings. The lowest BCUT2D eigenvalue weighted by Gasteiger charge is -2.32. The topological polar surface area (TPSA) is 40.6 Å². The second-order valence-corrected chi connectivity index (χ2v) is 7.80. The highest BCUT2D eigenvalue weighted by molar-refractivity contribution is 6.06. The van der Waals surface area contributed by atoms with E-state index in [4.69, 9.17) is 0 Å². The molecule has 2 aromatic carbocycles. The summed E-state index contributed by atoms with van der Waals surface area (Å²) in [5.41, 5.74) is 3.38. The summed E-state index contributed by atoms with van der Waals surface area (Å²) in [7, 11) is 4.04. The molecule has 0 saturated carbocycles. The Morgan fingerprint density at radius 3 is 2.39 bits per heavy atom. The van der Waals surface area contributed by atoms with Gasteiger partial charge in [0.1, 0.15) is 0 Å². The third-order valence-corrected chi connectivity index (χ3v) is 5.86. The largest absolute Gasteiger partial charge is 0.311 e. The number of nitrogens with zero attached hydrogens (tertiary/aromatic N) is 2. The van der Waals surface area contributed by atoms with Gasteiger partial charge in [-0.3, -0.25) is 9.59 Å². The van der Waals surface area contributed by atoms with E-state index in [2.05, 4.69) is 18.0 Å². The first kappa shape index (κ1) is 20.3. The van der Waals surface area contributed by atoms with Crippen LogP contribution in [0.3, 0.4) is 0 Å². The van der Waals surface area contributed by atoms with E-state index >= 15 is 0 Å². The Balaban J connectivity index is 1.73. The summed E-state index contributed by atoms with van der Waals surface area (Å²) in [6.07, 6.45) is 5.94. The molecule has 148 valence electrons. The number of ketones is 1. The van der Waals surface area contributed by atoms with Gasteiger partial charge >= 0.3 is 0 Å². The lowest BCUT2D eigenvalue weighted by atomic mass is 9.95. The van der Waals surface area contributed by atoms with Crippen molar-refractivity contribution < 1.29 is 9.59 Å². The summed E-state index contributed by atoms with van der Waals surface area (Å²) in [5.74, 6) is -0.0530. The van der Waals surface area contributed by atoms with Crippen LogP contribution in [0.5, 0.6) is 0 Å². The van der Waals surface area contributed by atoms with Crippen LogP contribution in [-0.4, -0.2) is 43.3 Å². The third kappa shape index (κ3) is 4.68. The smallest absolute Gasteiger partial charge is 0.258 e. The van der Waals surface area contributed by atoms with Gasteiger partial charge in [0.2, 0.25) is 0 Å². The Kier molecular flexibility index (Phi) is 6.63. The van der Waals surface area contributed by atoms with Crippen molar-refractivity contribution >= 4 is 17.4 Å². The maximum atomic E-state index is 13.0. The first-order valence-corrected chi connectivity index (χ1v) is 10.1. The van der Waals surface area contributed by atoms with Gasteiger partial charge in [0.15, 0.2) is 5.78 Å². The van der Waals surface area contributed by atoms with Crippen LogP contribution in [0.1, 0.15) is 58.9 Å². The molecule has 28 heavy (non-hydrogen) atoms. The molecule has 1 aliphatic heterocycles. The van der Waals surface area contributed by atoms with Gasteiger partial charge in [-0.25, -0.2) is 0 Å². The minimum atomic E-state index is -0.0580. The highest BCUT2D eigenvalue weighted by atomic mass is 16.2. The van der Waals surface area contributed by atoms with Crippen LogP contribution in [0, 0.1) is 0 Å². The minimum Gasteiger partial charge on any atom is -0.311 e. The van der Waals surface area contributed by atoms with E-state index in [9.17, 15) is 9.59 Å². The molecule has 0 radical (unpaired) electrons. The average molecular weight is 379 g/mol. The summed E-state index contributed by atoms with van der Waals surface area (Å²) >= 11 is 0. The molecular weight excluding hydrogens is 348 g/mol. The number of rotatable bonds is 6. The van der Waals surface area contributed by atoms with Crippen molar-refractivity contribution in [2.45, 2.75) is 45.1 Å². The third-order valence-electron chi connectivity index (χ3n) is 5.86. The van der Waals surface area contributed by atoms with Crippen LogP contribution in [0.2, 0.25) is 0 Å². The molecule has 0 aromatic heterocycles. The van der Waals surface area contributed by atoms with Gasteiger partial charge in [-0.2, -0.15) is 0 Å². The van der Waals surface area contributed by atoms with E-state index in [0.717, 1.165) is 18.5 Å². The summed E-state index contributed by atoms with van der Waals surface area (Å²) < 4.78 is 0. The molecule has 0 spiro atoms. The van der Waals surface area contributed by atoms with Crippen molar-refractivity contribution in [1.82, 2.24) is 4.90 Å². The van der Waals surface area contributed by atoms with Gasteiger partial charge in [-0.15, -0.1) is 0 Å². The number of benzene rings is 2. The molecule has 0 aliphatic carbocycles. The molecule has 1 fully saturated rings. The van der Waals surface area contributed by atoms with Gasteiger partial charge in [0.05, 0.1) is 0 Å². The second-order valence-electron chi connectivity index (χ2n) is 7.80. The summed E-state index contributed by atoms with van der Waals surface area (Å²) in [4.78, 5) is 28.6. The number of carbonyl (C=O) groups excluding carboxylic acids is 2. The summed E-state index contributed by atoms with van der Waals surface area (Å²) in [5, 5.41) is 0. The standard InChI is InChI=1S/C24H30N2O2/c1-18(27)19-11-13-21(14-12-19)24(28)26(3)23-10-5-4-8-20(23)15-16-22-9-6-7-17-25(22)2/h4-5,8,10-14,22H,6-7,9,15-17H2,1-3H3. The molecule has 0 bridgehead atoms. The molecule has 1 saturated heterocycles. The molecule has 4 nitrogen and oxygen atoms in total. The van der Waals surface area contributed by atoms with Gasteiger partial charge in [0.25, 0.3) is 5.91 Å². The number of aryl methyl sites for hydroxylation is 1. The number of anilines is 1. The van der Waals surface area contributed by atoms with E-state index < -0.39 is 0 Å². The molecular formula is C24H30N2O2. The van der Waals surface area contributed by atoms with E-state index in [0.29, 0.717) is 17.2 Å². The fraction of sp³-hybridized carbons (Fsp3) is 0.417. The van der Waals surface area contributed by atoms with Gasteiger partial charge in [0, 0.05) is 29.9 Å². The zero-order valence-electron chi connectivity index (χ0n) is 17.1. The van der Waals surface area contributed by atoms with Crippen LogP contribution in [0.15, 0.2) is 48.5 Å². The number of Topliss-reactive ketones (excluding diaryl/α,β-unsaturated/α-hetero) is 1. The number of likely N-dealkylation sites (tertiary alicyclic amines) is 1. The number of hydrogen-bond acceptors (Lipinski definition) is 3. The monoisotopic (exact) mass is 378 g/mol. The lowest BCUT2D eigenvalue weighted by molar-refractivity contribution is 0.0987. The first-order chi connectivity index (χ1) is 13.5. The van der Waals surface area contributed by atoms with Crippen molar-refractivity contribution in [3.05, 3.63) is 65.2 Å². The SMILES string of the molecule is CC(=O)c1ccc(C(=O)N(C)c2ccccc2CCC2CCCCN2C)cc1. The van der Waals surface area contributed by atoms with Crippen LogP contribution >= 0.6 is 0 Å². The molecule has 1 heterocycles. The lowest BCUT2D eigenvalue weighted by Crippen LogP contribution is -2.36. The number of amides is 1. The maximum absolute atomic E-state index is 13.0. The quantitative estimate of drug-likeness (QED) is 0.691. The molecule has 1 atom stereocenters. The predicted octanol–water partition coefficient (Wildman–Crippen LogP) is 4.58. The number of hydrogen-bond donors (Lipinski definition) is 0. The maximum Gasteiger partial charge on any atom is 0.258 e. The molecule has 2 aromatic rings. The Hall–Kier alpha value is -2.46. The molecule has 3 rings (SSSR count). The van der Waals surface area contributed by atoms with Crippen molar-refractivity contribution in [3.8, 4) is 0 Å². The number of piperidine rings is 1. The number of para-hydroxylation sites is 1. The zero-order chi connectivity index (χ0) is 20.1. The van der Waals surface area contributed by atoms with Crippen molar-refractivity contribution in [2.24, 2.45) is 0 Å². The minimum absolute atomic E-state index is 0.00498. The van der Waals surface area contributed by atoms with E-state index in [-0.39, 0.29) is 11.7 Å². The van der Waals surface area contributed by atoms with Crippen LogP contribution < -0.4 is 4.90 Å². The fourth-order valence-electron chi connectivity index (χ4n) is 4.03. The van der Waals surface area contributed by atoms with Crippen LogP contribution in [-0.2, 0) is 6.42 Å². The summed E-state index contributed by atoms with van der Waals surface area (Å²) in [6, 6.07) is 15.7. The highest BCUT2D eigenvalue weighted by Crippen LogP contribution is 2.25. The van der Waals surface area contributed by atoms with Crippen molar-refractivity contribution in [3.63, 3.8) is 0 Å². The Bertz CT molecular complexity index is 829. The van der Waals surface area contributed by atoms with E-state index in [1.165, 1.54) is 38.3 Å². The second kappa shape index (κ2) is 9.16. The molecule has 4 heteroatoms. The van der Waals surface area contributed by atoms with Crippen LogP contribution in [0.4, 0.5) is 5.69 Å². The van der Waals surface area contributed by atoms with E-state index in [1.807, 2.05) is 25.2 Å². The van der Waals surface area contributed by atoms with Crippen molar-refractivity contribution in [2.75, 3.05) is 25.5 Å². The molecule has 0 N–H and O–H groups in total. The number of carbonyl (C=O) groups is 2. The summed E-state index contributed by atoms with van der Waals surface area (Å²) in [6.45, 7) is 2.71. The Morgan fingerprint density at radius 2 is 1.71 bits per heavy atom. The van der Waals surface area contributed by atoms with Crippen molar-refractivity contribution in [1.29, 1.82) is 0 Å². The zero-order valence-corrected chi connectivity index (χ0v) is 17.1. The average Bonchev–Trinajstić information content (AvgIpc) is 2.72. The first-order valence-electron chi connectivity index (χ1n) is 10.1. The van der Waals surface area contributed by atoms with Crippen LogP contribution in [0.25, 0.3) is 0 Å².